The van der Waals surface area contributed by atoms with Crippen LogP contribution >= 0.6 is 11.6 Å². The maximum absolute atomic E-state index is 12.2. The van der Waals surface area contributed by atoms with Crippen LogP contribution in [0.1, 0.15) is 24.4 Å². The van der Waals surface area contributed by atoms with E-state index in [0.717, 1.165) is 5.39 Å². The van der Waals surface area contributed by atoms with E-state index in [1.807, 2.05) is 13.8 Å². The van der Waals surface area contributed by atoms with Crippen LogP contribution in [0.15, 0.2) is 28.7 Å². The third-order valence-corrected chi connectivity index (χ3v) is 3.10. The number of hydrogen-bond donors (Lipinski definition) is 1. The van der Waals surface area contributed by atoms with Crippen molar-refractivity contribution in [3.8, 4) is 0 Å². The smallest absolute Gasteiger partial charge is 0.289 e. The summed E-state index contributed by atoms with van der Waals surface area (Å²) in [6.45, 7) is 3.71. The Balaban J connectivity index is 2.12. The van der Waals surface area contributed by atoms with Crippen LogP contribution in [-0.4, -0.2) is 36.3 Å². The van der Waals surface area contributed by atoms with Crippen LogP contribution in [0, 0.1) is 0 Å². The summed E-state index contributed by atoms with van der Waals surface area (Å²) in [4.78, 5) is 25.2. The van der Waals surface area contributed by atoms with Gasteiger partial charge in [-0.05, 0) is 38.1 Å². The number of carbonyl (C=O) groups excluding carboxylic acids is 2. The van der Waals surface area contributed by atoms with Gasteiger partial charge in [0.15, 0.2) is 5.76 Å². The van der Waals surface area contributed by atoms with Crippen molar-refractivity contribution in [2.24, 2.45) is 0 Å². The fourth-order valence-electron chi connectivity index (χ4n) is 1.96. The van der Waals surface area contributed by atoms with Gasteiger partial charge in [0.1, 0.15) is 5.58 Å². The van der Waals surface area contributed by atoms with Crippen molar-refractivity contribution in [3.05, 3.63) is 35.0 Å². The lowest BCUT2D eigenvalue weighted by molar-refractivity contribution is -0.122. The van der Waals surface area contributed by atoms with Crippen LogP contribution in [0.2, 0.25) is 5.02 Å². The summed E-state index contributed by atoms with van der Waals surface area (Å²) in [5.74, 6) is -0.367. The highest BCUT2D eigenvalue weighted by molar-refractivity contribution is 6.31. The number of nitrogens with zero attached hydrogens (tertiary/aromatic N) is 1. The molecule has 2 aromatic rings. The molecule has 0 atom stereocenters. The third-order valence-electron chi connectivity index (χ3n) is 2.87. The number of furan rings is 1. The fourth-order valence-corrected chi connectivity index (χ4v) is 2.14. The molecule has 2 amide bonds. The lowest BCUT2D eigenvalue weighted by Gasteiger charge is -2.16. The summed E-state index contributed by atoms with van der Waals surface area (Å²) >= 11 is 5.90. The van der Waals surface area contributed by atoms with Crippen LogP contribution in [0.4, 0.5) is 0 Å². The van der Waals surface area contributed by atoms with Gasteiger partial charge in [0.25, 0.3) is 5.91 Å². The summed E-state index contributed by atoms with van der Waals surface area (Å²) in [7, 11) is 1.56. The Morgan fingerprint density at radius 1 is 1.33 bits per heavy atom. The van der Waals surface area contributed by atoms with E-state index in [1.165, 1.54) is 4.90 Å². The molecule has 1 N–H and O–H groups in total. The van der Waals surface area contributed by atoms with Gasteiger partial charge >= 0.3 is 0 Å². The Kier molecular flexibility index (Phi) is 4.53. The molecular weight excluding hydrogens is 292 g/mol. The van der Waals surface area contributed by atoms with Crippen LogP contribution in [0.3, 0.4) is 0 Å². The van der Waals surface area contributed by atoms with Crippen molar-refractivity contribution in [1.29, 1.82) is 0 Å². The van der Waals surface area contributed by atoms with Gasteiger partial charge in [-0.15, -0.1) is 0 Å². The van der Waals surface area contributed by atoms with E-state index < -0.39 is 0 Å². The van der Waals surface area contributed by atoms with E-state index in [0.29, 0.717) is 10.6 Å². The highest BCUT2D eigenvalue weighted by Crippen LogP contribution is 2.23. The molecule has 0 aliphatic rings. The van der Waals surface area contributed by atoms with Crippen LogP contribution in [-0.2, 0) is 4.79 Å². The third kappa shape index (κ3) is 3.76. The summed E-state index contributed by atoms with van der Waals surface area (Å²) < 4.78 is 5.49. The van der Waals surface area contributed by atoms with E-state index >= 15 is 0 Å². The van der Waals surface area contributed by atoms with Crippen molar-refractivity contribution in [1.82, 2.24) is 10.2 Å². The van der Waals surface area contributed by atoms with Gasteiger partial charge in [-0.3, -0.25) is 9.59 Å². The zero-order valence-corrected chi connectivity index (χ0v) is 12.9. The number of halogens is 1. The normalized spacial score (nSPS) is 10.9. The largest absolute Gasteiger partial charge is 0.451 e. The van der Waals surface area contributed by atoms with Crippen LogP contribution < -0.4 is 5.32 Å². The molecule has 0 aliphatic heterocycles. The minimum absolute atomic E-state index is 0.0190. The van der Waals surface area contributed by atoms with Crippen molar-refractivity contribution in [2.45, 2.75) is 19.9 Å². The molecule has 1 heterocycles. The Bertz CT molecular complexity index is 679. The zero-order valence-electron chi connectivity index (χ0n) is 12.1. The molecule has 0 spiro atoms. The molecule has 0 aliphatic carbocycles. The van der Waals surface area contributed by atoms with Crippen LogP contribution in [0.25, 0.3) is 11.0 Å². The first-order valence-electron chi connectivity index (χ1n) is 6.60. The molecule has 21 heavy (non-hydrogen) atoms. The second kappa shape index (κ2) is 6.18. The van der Waals surface area contributed by atoms with Gasteiger partial charge in [-0.1, -0.05) is 11.6 Å². The minimum atomic E-state index is -0.346. The van der Waals surface area contributed by atoms with Crippen LogP contribution in [0.5, 0.6) is 0 Å². The number of amides is 2. The quantitative estimate of drug-likeness (QED) is 0.944. The van der Waals surface area contributed by atoms with Gasteiger partial charge in [-0.25, -0.2) is 0 Å². The second-order valence-electron chi connectivity index (χ2n) is 5.18. The zero-order chi connectivity index (χ0) is 15.6. The topological polar surface area (TPSA) is 62.6 Å². The molecule has 0 saturated heterocycles. The van der Waals surface area contributed by atoms with E-state index in [4.69, 9.17) is 16.0 Å². The predicted octanol–water partition coefficient (Wildman–Crippen LogP) is 2.68. The van der Waals surface area contributed by atoms with Gasteiger partial charge in [0.2, 0.25) is 5.91 Å². The fraction of sp³-hybridized carbons (Fsp3) is 0.333. The highest BCUT2D eigenvalue weighted by atomic mass is 35.5. The molecule has 1 aromatic carbocycles. The number of nitrogens with one attached hydrogen (secondary N) is 1. The average molecular weight is 309 g/mol. The molecular formula is C15H17ClN2O3. The summed E-state index contributed by atoms with van der Waals surface area (Å²) in [5.41, 5.74) is 0.586. The number of benzene rings is 1. The molecule has 0 bridgehead atoms. The number of carbonyl (C=O) groups is 2. The lowest BCUT2D eigenvalue weighted by Crippen LogP contribution is -2.40. The van der Waals surface area contributed by atoms with Gasteiger partial charge in [0, 0.05) is 23.5 Å². The monoisotopic (exact) mass is 308 g/mol. The first-order chi connectivity index (χ1) is 9.86. The second-order valence-corrected chi connectivity index (χ2v) is 5.61. The Hall–Kier alpha value is -2.01. The number of fused-ring (bicyclic) bond motifs is 1. The lowest BCUT2D eigenvalue weighted by atomic mass is 10.2. The molecule has 112 valence electrons. The molecule has 1 aromatic heterocycles. The first-order valence-corrected chi connectivity index (χ1v) is 6.98. The molecule has 2 rings (SSSR count). The Labute approximate surface area is 127 Å². The summed E-state index contributed by atoms with van der Waals surface area (Å²) in [6.07, 6.45) is 0. The van der Waals surface area contributed by atoms with Gasteiger partial charge < -0.3 is 14.6 Å². The first kappa shape index (κ1) is 15.4. The predicted molar refractivity (Wildman–Crippen MR) is 81.5 cm³/mol. The SMILES string of the molecule is CC(C)NC(=O)CN(C)C(=O)c1cc2cc(Cl)ccc2o1. The van der Waals surface area contributed by atoms with E-state index in [9.17, 15) is 9.59 Å². The summed E-state index contributed by atoms with van der Waals surface area (Å²) in [6, 6.07) is 6.79. The number of hydrogen-bond acceptors (Lipinski definition) is 3. The Morgan fingerprint density at radius 3 is 2.71 bits per heavy atom. The molecule has 0 fully saturated rings. The van der Waals surface area contributed by atoms with Gasteiger partial charge in [-0.2, -0.15) is 0 Å². The molecule has 5 nitrogen and oxygen atoms in total. The molecule has 0 unspecified atom stereocenters. The maximum Gasteiger partial charge on any atom is 0.289 e. The van der Waals surface area contributed by atoms with E-state index in [2.05, 4.69) is 5.32 Å². The van der Waals surface area contributed by atoms with E-state index in [-0.39, 0.29) is 30.2 Å². The maximum atomic E-state index is 12.2. The number of likely N-dealkylation sites (N-methyl/N-ethyl adjacent to an activating group) is 1. The van der Waals surface area contributed by atoms with Crippen molar-refractivity contribution >= 4 is 34.4 Å². The minimum Gasteiger partial charge on any atom is -0.451 e. The van der Waals surface area contributed by atoms with Gasteiger partial charge in [0.05, 0.1) is 6.54 Å². The summed E-state index contributed by atoms with van der Waals surface area (Å²) in [5, 5.41) is 4.06. The molecule has 6 heteroatoms. The Morgan fingerprint density at radius 2 is 2.05 bits per heavy atom. The average Bonchev–Trinajstić information content (AvgIpc) is 2.79. The number of rotatable bonds is 4. The molecule has 0 radical (unpaired) electrons. The standard InChI is InChI=1S/C15H17ClN2O3/c1-9(2)17-14(19)8-18(3)15(20)13-7-10-6-11(16)4-5-12(10)21-13/h4-7,9H,8H2,1-3H3,(H,17,19). The molecule has 0 saturated carbocycles. The van der Waals surface area contributed by atoms with E-state index in [1.54, 1.807) is 31.3 Å². The van der Waals surface area contributed by atoms with Crippen molar-refractivity contribution < 1.29 is 14.0 Å². The van der Waals surface area contributed by atoms with Crippen molar-refractivity contribution in [3.63, 3.8) is 0 Å². The highest BCUT2D eigenvalue weighted by Gasteiger charge is 2.19. The van der Waals surface area contributed by atoms with Crippen molar-refractivity contribution in [2.75, 3.05) is 13.6 Å².